The Morgan fingerprint density at radius 1 is 1.38 bits per heavy atom. The maximum Gasteiger partial charge on any atom is 0.410 e. The molecule has 2 N–H and O–H groups in total. The molecule has 3 rings (SSSR count). The van der Waals surface area contributed by atoms with E-state index in [9.17, 15) is 14.4 Å². The number of nitrogens with zero attached hydrogens (tertiary/aromatic N) is 1. The number of hydrogen-bond acceptors (Lipinski definition) is 6. The van der Waals surface area contributed by atoms with E-state index in [-0.39, 0.29) is 0 Å². The molecule has 0 spiro atoms. The summed E-state index contributed by atoms with van der Waals surface area (Å²) in [5.41, 5.74) is -3.22. The van der Waals surface area contributed by atoms with Crippen LogP contribution in [0.3, 0.4) is 0 Å². The molecular formula is C16H23N3O5. The van der Waals surface area contributed by atoms with Crippen LogP contribution in [-0.2, 0) is 19.1 Å². The Bertz CT molecular complexity index is 626. The highest BCUT2D eigenvalue weighted by atomic mass is 16.6. The smallest absolute Gasteiger partial charge is 0.410 e. The van der Waals surface area contributed by atoms with Crippen molar-refractivity contribution >= 4 is 24.1 Å². The summed E-state index contributed by atoms with van der Waals surface area (Å²) in [5, 5.41) is 4.96. The number of ether oxygens (including phenoxy) is 2. The van der Waals surface area contributed by atoms with Gasteiger partial charge in [0.1, 0.15) is 17.4 Å². The summed E-state index contributed by atoms with van der Waals surface area (Å²) in [6.07, 6.45) is 2.93. The predicted molar refractivity (Wildman–Crippen MR) is 84.1 cm³/mol. The van der Waals surface area contributed by atoms with Crippen molar-refractivity contribution < 1.29 is 23.9 Å². The summed E-state index contributed by atoms with van der Waals surface area (Å²) in [4.78, 5) is 41.1. The van der Waals surface area contributed by atoms with Gasteiger partial charge in [-0.05, 0) is 33.6 Å². The molecule has 132 valence electrons. The summed E-state index contributed by atoms with van der Waals surface area (Å²) in [6, 6.07) is 0. The summed E-state index contributed by atoms with van der Waals surface area (Å²) >= 11 is 0. The van der Waals surface area contributed by atoms with Crippen LogP contribution in [0.2, 0.25) is 0 Å². The van der Waals surface area contributed by atoms with Gasteiger partial charge in [0.2, 0.25) is 11.8 Å². The lowest BCUT2D eigenvalue weighted by Crippen LogP contribution is -2.56. The highest BCUT2D eigenvalue weighted by molar-refractivity contribution is 6.09. The van der Waals surface area contributed by atoms with Gasteiger partial charge in [0.15, 0.2) is 11.4 Å². The summed E-state index contributed by atoms with van der Waals surface area (Å²) in [6.45, 7) is 7.24. The quantitative estimate of drug-likeness (QED) is 0.747. The Balaban J connectivity index is 1.89. The molecule has 3 aliphatic rings. The molecule has 0 aliphatic carbocycles. The van der Waals surface area contributed by atoms with Gasteiger partial charge < -0.3 is 9.47 Å². The first-order valence-corrected chi connectivity index (χ1v) is 8.25. The van der Waals surface area contributed by atoms with Crippen LogP contribution in [0.4, 0.5) is 4.79 Å². The fraction of sp³-hybridized carbons (Fsp3) is 0.750. The average Bonchev–Trinajstić information content (AvgIpc) is 3.03. The number of rotatable bonds is 4. The molecule has 0 radical (unpaired) electrons. The number of alkyl carbamates (subject to hydrolysis) is 1. The van der Waals surface area contributed by atoms with Crippen molar-refractivity contribution in [2.45, 2.75) is 64.0 Å². The van der Waals surface area contributed by atoms with Gasteiger partial charge in [0.05, 0.1) is 6.21 Å². The van der Waals surface area contributed by atoms with E-state index < -0.39 is 46.8 Å². The molecule has 24 heavy (non-hydrogen) atoms. The Labute approximate surface area is 140 Å². The molecule has 2 fully saturated rings. The fourth-order valence-corrected chi connectivity index (χ4v) is 3.62. The molecule has 4 atom stereocenters. The third-order valence-electron chi connectivity index (χ3n) is 4.50. The third kappa shape index (κ3) is 2.49. The van der Waals surface area contributed by atoms with Gasteiger partial charge in [0.25, 0.3) is 0 Å². The summed E-state index contributed by atoms with van der Waals surface area (Å²) in [7, 11) is 0. The largest absolute Gasteiger partial charge is 0.444 e. The van der Waals surface area contributed by atoms with Gasteiger partial charge in [-0.2, -0.15) is 0 Å². The molecule has 0 aromatic carbocycles. The maximum absolute atomic E-state index is 12.3. The van der Waals surface area contributed by atoms with Crippen LogP contribution in [0.5, 0.6) is 0 Å². The Morgan fingerprint density at radius 2 is 2.04 bits per heavy atom. The molecule has 0 saturated carbocycles. The highest BCUT2D eigenvalue weighted by Crippen LogP contribution is 2.54. The Morgan fingerprint density at radius 3 is 2.67 bits per heavy atom. The predicted octanol–water partition coefficient (Wildman–Crippen LogP) is 1.10. The standard InChI is InChI=1S/C16H23N3O5/c1-5-6-7-15-9-10(12(21)18-11(9)20)16(24-15,8-17-15)19-13(22)23-14(2,3)4/h8-10H,5-7H2,1-4H3,(H,19,22)(H,18,20,21). The molecule has 2 saturated heterocycles. The van der Waals surface area contributed by atoms with Crippen molar-refractivity contribution in [1.29, 1.82) is 0 Å². The molecule has 3 aliphatic heterocycles. The van der Waals surface area contributed by atoms with Crippen LogP contribution in [0.1, 0.15) is 47.0 Å². The van der Waals surface area contributed by atoms with Crippen LogP contribution in [0.15, 0.2) is 4.99 Å². The monoisotopic (exact) mass is 337 g/mol. The molecular weight excluding hydrogens is 314 g/mol. The number of carbonyl (C=O) groups is 3. The van der Waals surface area contributed by atoms with E-state index in [0.29, 0.717) is 6.42 Å². The maximum atomic E-state index is 12.3. The first-order chi connectivity index (χ1) is 11.1. The number of carbonyl (C=O) groups excluding carboxylic acids is 3. The first kappa shape index (κ1) is 16.9. The van der Waals surface area contributed by atoms with Crippen LogP contribution in [0.25, 0.3) is 0 Å². The topological polar surface area (TPSA) is 106 Å². The number of imide groups is 1. The Kier molecular flexibility index (Phi) is 3.71. The molecule has 8 heteroatoms. The normalized spacial score (nSPS) is 36.7. The number of unbranched alkanes of at least 4 members (excludes halogenated alkanes) is 1. The molecule has 8 nitrogen and oxygen atoms in total. The lowest BCUT2D eigenvalue weighted by molar-refractivity contribution is -0.136. The number of fused-ring (bicyclic) bond motifs is 5. The van der Waals surface area contributed by atoms with Gasteiger partial charge in [0, 0.05) is 0 Å². The number of nitrogens with one attached hydrogen (secondary N) is 2. The van der Waals surface area contributed by atoms with Crippen LogP contribution in [0, 0.1) is 11.8 Å². The summed E-state index contributed by atoms with van der Waals surface area (Å²) in [5.74, 6) is -2.40. The van der Waals surface area contributed by atoms with Crippen molar-refractivity contribution in [3.8, 4) is 0 Å². The van der Waals surface area contributed by atoms with Crippen molar-refractivity contribution in [2.24, 2.45) is 16.8 Å². The number of amides is 3. The van der Waals surface area contributed by atoms with Gasteiger partial charge >= 0.3 is 6.09 Å². The lowest BCUT2D eigenvalue weighted by Gasteiger charge is -2.29. The van der Waals surface area contributed by atoms with Crippen molar-refractivity contribution in [1.82, 2.24) is 10.6 Å². The average molecular weight is 337 g/mol. The SMILES string of the molecule is CCCCC12N=CC(NC(=O)OC(C)(C)C)(O1)C1C(=O)NC(=O)C12. The zero-order valence-electron chi connectivity index (χ0n) is 14.3. The van der Waals surface area contributed by atoms with Crippen molar-refractivity contribution in [2.75, 3.05) is 0 Å². The molecule has 0 aromatic heterocycles. The van der Waals surface area contributed by atoms with Gasteiger partial charge in [-0.15, -0.1) is 0 Å². The van der Waals surface area contributed by atoms with E-state index in [1.165, 1.54) is 6.21 Å². The van der Waals surface area contributed by atoms with Crippen LogP contribution >= 0.6 is 0 Å². The van der Waals surface area contributed by atoms with E-state index in [4.69, 9.17) is 9.47 Å². The second-order valence-corrected chi connectivity index (χ2v) is 7.54. The molecule has 0 aromatic rings. The van der Waals surface area contributed by atoms with E-state index in [1.54, 1.807) is 20.8 Å². The van der Waals surface area contributed by atoms with Gasteiger partial charge in [-0.3, -0.25) is 25.2 Å². The van der Waals surface area contributed by atoms with E-state index in [1.807, 2.05) is 6.92 Å². The van der Waals surface area contributed by atoms with E-state index in [2.05, 4.69) is 15.6 Å². The zero-order chi connectivity index (χ0) is 17.8. The minimum Gasteiger partial charge on any atom is -0.444 e. The molecule has 4 unspecified atom stereocenters. The zero-order valence-corrected chi connectivity index (χ0v) is 14.3. The number of hydrogen-bond donors (Lipinski definition) is 2. The molecule has 3 amide bonds. The fourth-order valence-electron chi connectivity index (χ4n) is 3.62. The van der Waals surface area contributed by atoms with Gasteiger partial charge in [-0.25, -0.2) is 4.79 Å². The van der Waals surface area contributed by atoms with Crippen LogP contribution in [-0.4, -0.2) is 41.2 Å². The minimum atomic E-state index is -1.43. The Hall–Kier alpha value is -1.96. The highest BCUT2D eigenvalue weighted by Gasteiger charge is 2.73. The minimum absolute atomic E-state index is 0.397. The van der Waals surface area contributed by atoms with Crippen molar-refractivity contribution in [3.05, 3.63) is 0 Å². The van der Waals surface area contributed by atoms with E-state index >= 15 is 0 Å². The van der Waals surface area contributed by atoms with E-state index in [0.717, 1.165) is 12.8 Å². The van der Waals surface area contributed by atoms with Crippen LogP contribution < -0.4 is 10.6 Å². The second kappa shape index (κ2) is 5.27. The third-order valence-corrected chi connectivity index (χ3v) is 4.50. The number of aliphatic imine (C=N–C) groups is 1. The van der Waals surface area contributed by atoms with Crippen molar-refractivity contribution in [3.63, 3.8) is 0 Å². The first-order valence-electron chi connectivity index (χ1n) is 8.25. The second-order valence-electron chi connectivity index (χ2n) is 7.54. The summed E-state index contributed by atoms with van der Waals surface area (Å²) < 4.78 is 11.3. The lowest BCUT2D eigenvalue weighted by atomic mass is 9.79. The molecule has 3 heterocycles. The molecule has 2 bridgehead atoms. The van der Waals surface area contributed by atoms with Gasteiger partial charge in [-0.1, -0.05) is 13.3 Å².